The van der Waals surface area contributed by atoms with Gasteiger partial charge >= 0.3 is 8.56 Å². The Hall–Kier alpha value is -0.903. The third-order valence-electron chi connectivity index (χ3n) is 6.02. The maximum absolute atomic E-state index is 6.15. The molecule has 0 aliphatic carbocycles. The molecule has 0 aliphatic heterocycles. The van der Waals surface area contributed by atoms with Crippen LogP contribution in [0.4, 0.5) is 0 Å². The van der Waals surface area contributed by atoms with Gasteiger partial charge in [-0.05, 0) is 30.0 Å². The van der Waals surface area contributed by atoms with E-state index in [4.69, 9.17) is 8.85 Å². The molecule has 1 unspecified atom stereocenters. The van der Waals surface area contributed by atoms with E-state index in [2.05, 4.69) is 65.5 Å². The third kappa shape index (κ3) is 3.33. The number of hydrogen-bond donors (Lipinski definition) is 0. The van der Waals surface area contributed by atoms with E-state index < -0.39 is 8.56 Å². The van der Waals surface area contributed by atoms with Crippen LogP contribution in [0.2, 0.25) is 5.04 Å². The Morgan fingerprint density at radius 2 is 1.61 bits per heavy atom. The number of rotatable bonds is 9. The lowest BCUT2D eigenvalue weighted by molar-refractivity contribution is 0.216. The molecule has 0 aliphatic rings. The fraction of sp³-hybridized carbons (Fsp3) is 0.600. The molecule has 3 heteroatoms. The van der Waals surface area contributed by atoms with Crippen LogP contribution in [0.3, 0.4) is 0 Å². The molecule has 1 rings (SSSR count). The molecule has 0 N–H and O–H groups in total. The molecule has 0 saturated heterocycles. The van der Waals surface area contributed by atoms with Crippen molar-refractivity contribution in [1.82, 2.24) is 0 Å². The summed E-state index contributed by atoms with van der Waals surface area (Å²) < 4.78 is 12.3. The van der Waals surface area contributed by atoms with Crippen LogP contribution in [0, 0.1) is 0 Å². The predicted molar refractivity (Wildman–Crippen MR) is 103 cm³/mol. The number of benzene rings is 1. The van der Waals surface area contributed by atoms with E-state index in [9.17, 15) is 0 Å². The van der Waals surface area contributed by atoms with Gasteiger partial charge < -0.3 is 8.85 Å². The Balaban J connectivity index is 3.55. The summed E-state index contributed by atoms with van der Waals surface area (Å²) in [5.41, 5.74) is 1.26. The highest BCUT2D eigenvalue weighted by molar-refractivity contribution is 6.83. The first-order valence-corrected chi connectivity index (χ1v) is 10.5. The molecule has 0 fully saturated rings. The predicted octanol–water partition coefficient (Wildman–Crippen LogP) is 5.06. The SMILES string of the molecule is C=CC(C)(CC)c1cccc([Si](OC)(OC)C(C)(CC)CC)c1. The van der Waals surface area contributed by atoms with Crippen molar-refractivity contribution in [2.45, 2.75) is 64.3 Å². The van der Waals surface area contributed by atoms with Crippen molar-refractivity contribution in [3.8, 4) is 0 Å². The first-order valence-electron chi connectivity index (χ1n) is 8.68. The van der Waals surface area contributed by atoms with Crippen molar-refractivity contribution in [1.29, 1.82) is 0 Å². The van der Waals surface area contributed by atoms with Gasteiger partial charge in [0, 0.05) is 24.7 Å². The molecular weight excluding hydrogens is 300 g/mol. The smallest absolute Gasteiger partial charge is 0.378 e. The zero-order chi connectivity index (χ0) is 17.7. The molecule has 0 bridgehead atoms. The molecule has 0 saturated carbocycles. The van der Waals surface area contributed by atoms with Crippen molar-refractivity contribution < 1.29 is 8.85 Å². The van der Waals surface area contributed by atoms with Crippen LogP contribution in [-0.4, -0.2) is 22.8 Å². The van der Waals surface area contributed by atoms with Crippen LogP contribution < -0.4 is 5.19 Å². The first kappa shape index (κ1) is 20.1. The van der Waals surface area contributed by atoms with Crippen LogP contribution in [0.15, 0.2) is 36.9 Å². The highest BCUT2D eigenvalue weighted by Gasteiger charge is 2.53. The quantitative estimate of drug-likeness (QED) is 0.464. The van der Waals surface area contributed by atoms with Gasteiger partial charge in [0.25, 0.3) is 0 Å². The number of hydrogen-bond acceptors (Lipinski definition) is 2. The summed E-state index contributed by atoms with van der Waals surface area (Å²) in [5.74, 6) is 0. The molecule has 0 radical (unpaired) electrons. The van der Waals surface area contributed by atoms with Crippen LogP contribution in [0.25, 0.3) is 0 Å². The highest BCUT2D eigenvalue weighted by Crippen LogP contribution is 2.44. The van der Waals surface area contributed by atoms with Gasteiger partial charge in [0.1, 0.15) is 0 Å². The topological polar surface area (TPSA) is 18.5 Å². The normalized spacial score (nSPS) is 15.3. The first-order chi connectivity index (χ1) is 10.8. The molecule has 1 aromatic carbocycles. The fourth-order valence-electron chi connectivity index (χ4n) is 3.42. The van der Waals surface area contributed by atoms with Gasteiger partial charge in [-0.2, -0.15) is 0 Å². The van der Waals surface area contributed by atoms with Crippen LogP contribution >= 0.6 is 0 Å². The zero-order valence-corrected chi connectivity index (χ0v) is 17.0. The summed E-state index contributed by atoms with van der Waals surface area (Å²) in [5, 5.41) is 1.25. The third-order valence-corrected chi connectivity index (χ3v) is 10.5. The van der Waals surface area contributed by atoms with Crippen molar-refractivity contribution >= 4 is 13.7 Å². The summed E-state index contributed by atoms with van der Waals surface area (Å²) in [6.45, 7) is 15.2. The molecule has 130 valence electrons. The minimum absolute atomic E-state index is 0.0214. The van der Waals surface area contributed by atoms with Gasteiger partial charge in [-0.15, -0.1) is 6.58 Å². The standard InChI is InChI=1S/C20H34O2Si/c1-9-19(5,10-2)17-14-13-15-18(16-17)23(21-7,22-8)20(6,11-3)12-4/h9,13-16H,1,10-12H2,2-8H3. The summed E-state index contributed by atoms with van der Waals surface area (Å²) in [6.07, 6.45) is 5.14. The Morgan fingerprint density at radius 3 is 2.00 bits per heavy atom. The van der Waals surface area contributed by atoms with E-state index in [0.29, 0.717) is 0 Å². The van der Waals surface area contributed by atoms with Crippen molar-refractivity contribution in [2.75, 3.05) is 14.2 Å². The van der Waals surface area contributed by atoms with Crippen molar-refractivity contribution in [3.05, 3.63) is 42.5 Å². The van der Waals surface area contributed by atoms with E-state index in [-0.39, 0.29) is 10.5 Å². The van der Waals surface area contributed by atoms with Gasteiger partial charge in [0.2, 0.25) is 0 Å². The maximum atomic E-state index is 6.15. The second-order valence-corrected chi connectivity index (χ2v) is 10.7. The summed E-state index contributed by atoms with van der Waals surface area (Å²) in [6, 6.07) is 8.78. The van der Waals surface area contributed by atoms with Gasteiger partial charge in [0.15, 0.2) is 0 Å². The summed E-state index contributed by atoms with van der Waals surface area (Å²) in [7, 11) is 1.06. The highest BCUT2D eigenvalue weighted by atomic mass is 28.4. The lowest BCUT2D eigenvalue weighted by Crippen LogP contribution is -2.60. The van der Waals surface area contributed by atoms with Crippen molar-refractivity contribution in [3.63, 3.8) is 0 Å². The monoisotopic (exact) mass is 334 g/mol. The van der Waals surface area contributed by atoms with Crippen LogP contribution in [0.1, 0.15) is 59.4 Å². The molecule has 23 heavy (non-hydrogen) atoms. The van der Waals surface area contributed by atoms with E-state index in [1.165, 1.54) is 10.8 Å². The van der Waals surface area contributed by atoms with E-state index >= 15 is 0 Å². The molecule has 1 aromatic rings. The van der Waals surface area contributed by atoms with Gasteiger partial charge in [-0.1, -0.05) is 65.0 Å². The Labute approximate surface area is 144 Å². The second kappa shape index (κ2) is 7.78. The minimum atomic E-state index is -2.54. The molecule has 0 spiro atoms. The Kier molecular flexibility index (Phi) is 6.81. The largest absolute Gasteiger partial charge is 0.394 e. The molecule has 0 amide bonds. The molecule has 1 atom stereocenters. The summed E-state index contributed by atoms with van der Waals surface area (Å²) in [4.78, 5) is 0. The van der Waals surface area contributed by atoms with E-state index in [1.807, 2.05) is 6.08 Å². The van der Waals surface area contributed by atoms with E-state index in [0.717, 1.165) is 19.3 Å². The van der Waals surface area contributed by atoms with Crippen LogP contribution in [-0.2, 0) is 14.3 Å². The lowest BCUT2D eigenvalue weighted by atomic mass is 9.80. The van der Waals surface area contributed by atoms with Crippen LogP contribution in [0.5, 0.6) is 0 Å². The minimum Gasteiger partial charge on any atom is -0.394 e. The second-order valence-electron chi connectivity index (χ2n) is 6.85. The molecule has 2 nitrogen and oxygen atoms in total. The lowest BCUT2D eigenvalue weighted by Gasteiger charge is -2.43. The van der Waals surface area contributed by atoms with E-state index in [1.54, 1.807) is 14.2 Å². The Bertz CT molecular complexity index is 518. The average molecular weight is 335 g/mol. The maximum Gasteiger partial charge on any atom is 0.378 e. The Morgan fingerprint density at radius 1 is 1.04 bits per heavy atom. The molecule has 0 heterocycles. The zero-order valence-electron chi connectivity index (χ0n) is 16.0. The fourth-order valence-corrected chi connectivity index (χ4v) is 7.33. The number of allylic oxidation sites excluding steroid dienone is 1. The molecular formula is C20H34O2Si. The average Bonchev–Trinajstić information content (AvgIpc) is 2.62. The molecule has 0 aromatic heterocycles. The summed E-state index contributed by atoms with van der Waals surface area (Å²) >= 11 is 0. The van der Waals surface area contributed by atoms with Gasteiger partial charge in [0.05, 0.1) is 0 Å². The van der Waals surface area contributed by atoms with Gasteiger partial charge in [-0.3, -0.25) is 0 Å². The van der Waals surface area contributed by atoms with Crippen molar-refractivity contribution in [2.24, 2.45) is 0 Å². The van der Waals surface area contributed by atoms with Gasteiger partial charge in [-0.25, -0.2) is 0 Å².